The van der Waals surface area contributed by atoms with Gasteiger partial charge in [0, 0.05) is 11.6 Å². The third-order valence-electron chi connectivity index (χ3n) is 5.07. The summed E-state index contributed by atoms with van der Waals surface area (Å²) in [6, 6.07) is 24.5. The van der Waals surface area contributed by atoms with Crippen molar-refractivity contribution in [1.29, 1.82) is 0 Å². The van der Waals surface area contributed by atoms with Crippen molar-refractivity contribution < 1.29 is 4.74 Å². The molecule has 24 heavy (non-hydrogen) atoms. The zero-order chi connectivity index (χ0) is 16.5. The summed E-state index contributed by atoms with van der Waals surface area (Å²) in [7, 11) is 4.02. The maximum absolute atomic E-state index is 5.78. The molecule has 4 rings (SSSR count). The molecule has 1 aliphatic carbocycles. The Bertz CT molecular complexity index is 839. The van der Waals surface area contributed by atoms with E-state index in [9.17, 15) is 0 Å². The number of fused-ring (bicyclic) bond motifs is 1. The van der Waals surface area contributed by atoms with Crippen LogP contribution in [0.2, 0.25) is 0 Å². The minimum atomic E-state index is 0.208. The molecule has 122 valence electrons. The number of ether oxygens (including phenoxy) is 1. The van der Waals surface area contributed by atoms with E-state index < -0.39 is 0 Å². The van der Waals surface area contributed by atoms with Crippen molar-refractivity contribution in [2.45, 2.75) is 24.9 Å². The van der Waals surface area contributed by atoms with Crippen molar-refractivity contribution in [1.82, 2.24) is 4.90 Å². The molecule has 0 N–H and O–H groups in total. The predicted octanol–water partition coefficient (Wildman–Crippen LogP) is 5.03. The van der Waals surface area contributed by atoms with Gasteiger partial charge in [-0.05, 0) is 42.3 Å². The van der Waals surface area contributed by atoms with E-state index in [-0.39, 0.29) is 6.04 Å². The highest BCUT2D eigenvalue weighted by Crippen LogP contribution is 2.43. The van der Waals surface area contributed by atoms with Gasteiger partial charge in [0.1, 0.15) is 5.75 Å². The van der Waals surface area contributed by atoms with Gasteiger partial charge >= 0.3 is 0 Å². The average Bonchev–Trinajstić information content (AvgIpc) is 3.48. The zero-order valence-electron chi connectivity index (χ0n) is 14.3. The van der Waals surface area contributed by atoms with Crippen LogP contribution in [0.3, 0.4) is 0 Å². The summed E-state index contributed by atoms with van der Waals surface area (Å²) < 4.78 is 5.78. The standard InChI is InChI=1S/C22H23NO/c1-23(18-13-14-18)22(17-9-4-3-5-10-17)21-19-11-7-6-8-16(19)12-15-20(21)24-2/h3-12,15,18,22H,13-14H2,1-2H3. The quantitative estimate of drug-likeness (QED) is 0.654. The van der Waals surface area contributed by atoms with Gasteiger partial charge in [0.2, 0.25) is 0 Å². The summed E-state index contributed by atoms with van der Waals surface area (Å²) in [5, 5.41) is 2.54. The molecule has 0 heterocycles. The fraction of sp³-hybridized carbons (Fsp3) is 0.273. The second-order valence-electron chi connectivity index (χ2n) is 6.61. The lowest BCUT2D eigenvalue weighted by Crippen LogP contribution is -2.28. The first-order valence-corrected chi connectivity index (χ1v) is 8.62. The first kappa shape index (κ1) is 15.2. The monoisotopic (exact) mass is 317 g/mol. The van der Waals surface area contributed by atoms with Gasteiger partial charge in [0.25, 0.3) is 0 Å². The van der Waals surface area contributed by atoms with Crippen molar-refractivity contribution >= 4 is 10.8 Å². The highest BCUT2D eigenvalue weighted by atomic mass is 16.5. The summed E-state index contributed by atoms with van der Waals surface area (Å²) in [5.41, 5.74) is 2.60. The van der Waals surface area contributed by atoms with Gasteiger partial charge in [-0.2, -0.15) is 0 Å². The number of hydrogen-bond acceptors (Lipinski definition) is 2. The molecule has 0 radical (unpaired) electrons. The van der Waals surface area contributed by atoms with E-state index in [1.807, 2.05) is 0 Å². The summed E-state index contributed by atoms with van der Waals surface area (Å²) in [5.74, 6) is 0.968. The Balaban J connectivity index is 1.96. The van der Waals surface area contributed by atoms with E-state index >= 15 is 0 Å². The van der Waals surface area contributed by atoms with Crippen LogP contribution in [-0.4, -0.2) is 25.1 Å². The topological polar surface area (TPSA) is 12.5 Å². The molecule has 1 unspecified atom stereocenters. The Morgan fingerprint density at radius 2 is 1.62 bits per heavy atom. The second kappa shape index (κ2) is 6.29. The van der Waals surface area contributed by atoms with E-state index in [0.717, 1.165) is 5.75 Å². The van der Waals surface area contributed by atoms with Crippen molar-refractivity contribution in [3.05, 3.63) is 77.9 Å². The molecule has 2 nitrogen and oxygen atoms in total. The van der Waals surface area contributed by atoms with Crippen LogP contribution in [0.25, 0.3) is 10.8 Å². The Morgan fingerprint density at radius 3 is 2.33 bits per heavy atom. The molecule has 1 fully saturated rings. The van der Waals surface area contributed by atoms with Gasteiger partial charge in [0.15, 0.2) is 0 Å². The summed E-state index contributed by atoms with van der Waals surface area (Å²) in [4.78, 5) is 2.51. The Hall–Kier alpha value is -2.32. The highest BCUT2D eigenvalue weighted by Gasteiger charge is 2.34. The van der Waals surface area contributed by atoms with Crippen LogP contribution in [-0.2, 0) is 0 Å². The molecule has 0 aromatic heterocycles. The Labute approximate surface area is 143 Å². The lowest BCUT2D eigenvalue weighted by atomic mass is 9.91. The number of nitrogens with zero attached hydrogens (tertiary/aromatic N) is 1. The molecule has 3 aromatic carbocycles. The van der Waals surface area contributed by atoms with Crippen LogP contribution in [0.15, 0.2) is 66.7 Å². The molecular weight excluding hydrogens is 294 g/mol. The van der Waals surface area contributed by atoms with Gasteiger partial charge in [-0.1, -0.05) is 60.7 Å². The lowest BCUT2D eigenvalue weighted by Gasteiger charge is -2.31. The molecular formula is C22H23NO. The SMILES string of the molecule is COc1ccc2ccccc2c1C(c1ccccc1)N(C)C1CC1. The van der Waals surface area contributed by atoms with Crippen LogP contribution < -0.4 is 4.74 Å². The van der Waals surface area contributed by atoms with Crippen LogP contribution >= 0.6 is 0 Å². The molecule has 0 bridgehead atoms. The van der Waals surface area contributed by atoms with E-state index in [0.29, 0.717) is 6.04 Å². The third kappa shape index (κ3) is 2.67. The van der Waals surface area contributed by atoms with Crippen LogP contribution in [0.1, 0.15) is 30.0 Å². The predicted molar refractivity (Wildman–Crippen MR) is 99.6 cm³/mol. The Kier molecular flexibility index (Phi) is 3.99. The van der Waals surface area contributed by atoms with Crippen molar-refractivity contribution in [3.8, 4) is 5.75 Å². The number of benzene rings is 3. The van der Waals surface area contributed by atoms with E-state index in [4.69, 9.17) is 4.74 Å². The molecule has 0 saturated heterocycles. The number of methoxy groups -OCH3 is 1. The maximum atomic E-state index is 5.78. The zero-order valence-corrected chi connectivity index (χ0v) is 14.3. The van der Waals surface area contributed by atoms with Gasteiger partial charge in [-0.15, -0.1) is 0 Å². The first-order chi connectivity index (χ1) is 11.8. The van der Waals surface area contributed by atoms with E-state index in [1.165, 1.54) is 34.7 Å². The number of hydrogen-bond donors (Lipinski definition) is 0. The fourth-order valence-corrected chi connectivity index (χ4v) is 3.67. The molecule has 0 spiro atoms. The minimum absolute atomic E-state index is 0.208. The molecule has 2 heteroatoms. The molecule has 1 atom stereocenters. The van der Waals surface area contributed by atoms with Crippen molar-refractivity contribution in [3.63, 3.8) is 0 Å². The maximum Gasteiger partial charge on any atom is 0.124 e. The lowest BCUT2D eigenvalue weighted by molar-refractivity contribution is 0.263. The Morgan fingerprint density at radius 1 is 0.917 bits per heavy atom. The highest BCUT2D eigenvalue weighted by molar-refractivity contribution is 5.88. The molecule has 3 aromatic rings. The van der Waals surface area contributed by atoms with Crippen LogP contribution in [0.4, 0.5) is 0 Å². The van der Waals surface area contributed by atoms with E-state index in [2.05, 4.69) is 78.7 Å². The van der Waals surface area contributed by atoms with Gasteiger partial charge < -0.3 is 4.74 Å². The first-order valence-electron chi connectivity index (χ1n) is 8.62. The van der Waals surface area contributed by atoms with Crippen molar-refractivity contribution in [2.75, 3.05) is 14.2 Å². The molecule has 0 amide bonds. The van der Waals surface area contributed by atoms with Crippen LogP contribution in [0, 0.1) is 0 Å². The normalized spacial score (nSPS) is 15.6. The largest absolute Gasteiger partial charge is 0.496 e. The van der Waals surface area contributed by atoms with Gasteiger partial charge in [0.05, 0.1) is 13.2 Å². The smallest absolute Gasteiger partial charge is 0.124 e. The summed E-state index contributed by atoms with van der Waals surface area (Å²) in [6.45, 7) is 0. The van der Waals surface area contributed by atoms with Crippen LogP contribution in [0.5, 0.6) is 5.75 Å². The third-order valence-corrected chi connectivity index (χ3v) is 5.07. The molecule has 0 aliphatic heterocycles. The van der Waals surface area contributed by atoms with Crippen molar-refractivity contribution in [2.24, 2.45) is 0 Å². The minimum Gasteiger partial charge on any atom is -0.496 e. The fourth-order valence-electron chi connectivity index (χ4n) is 3.67. The van der Waals surface area contributed by atoms with Gasteiger partial charge in [-0.3, -0.25) is 4.90 Å². The summed E-state index contributed by atoms with van der Waals surface area (Å²) in [6.07, 6.45) is 2.57. The molecule has 1 aliphatic rings. The van der Waals surface area contributed by atoms with E-state index in [1.54, 1.807) is 7.11 Å². The average molecular weight is 317 g/mol. The summed E-state index contributed by atoms with van der Waals surface area (Å²) >= 11 is 0. The van der Waals surface area contributed by atoms with Gasteiger partial charge in [-0.25, -0.2) is 0 Å². The number of rotatable bonds is 5. The molecule has 1 saturated carbocycles. The second-order valence-corrected chi connectivity index (χ2v) is 6.61.